The zero-order valence-corrected chi connectivity index (χ0v) is 11.8. The first kappa shape index (κ1) is 14.0. The number of benzene rings is 1. The summed E-state index contributed by atoms with van der Waals surface area (Å²) in [4.78, 5) is 7.53. The molecule has 5 heteroatoms. The van der Waals surface area contributed by atoms with Gasteiger partial charge in [0.15, 0.2) is 0 Å². The molecule has 19 heavy (non-hydrogen) atoms. The van der Waals surface area contributed by atoms with Crippen LogP contribution < -0.4 is 5.32 Å². The Balaban J connectivity index is 2.05. The van der Waals surface area contributed by atoms with Crippen molar-refractivity contribution in [3.8, 4) is 11.3 Å². The van der Waals surface area contributed by atoms with Gasteiger partial charge in [0.2, 0.25) is 0 Å². The van der Waals surface area contributed by atoms with E-state index >= 15 is 0 Å². The molecule has 0 aliphatic rings. The van der Waals surface area contributed by atoms with E-state index in [1.54, 1.807) is 18.3 Å². The van der Waals surface area contributed by atoms with Gasteiger partial charge in [0.1, 0.15) is 11.6 Å². The molecule has 102 valence electrons. The van der Waals surface area contributed by atoms with Crippen LogP contribution in [0.3, 0.4) is 0 Å². The second kappa shape index (κ2) is 6.17. The third-order valence-corrected chi connectivity index (χ3v) is 3.06. The lowest BCUT2D eigenvalue weighted by molar-refractivity contribution is 0.584. The Morgan fingerprint density at radius 3 is 2.89 bits per heavy atom. The van der Waals surface area contributed by atoms with E-state index in [1.165, 1.54) is 6.07 Å². The maximum Gasteiger partial charge on any atom is 0.141 e. The molecule has 1 aromatic heterocycles. The summed E-state index contributed by atoms with van der Waals surface area (Å²) in [5.74, 6) is 0.495. The first-order valence-electron chi connectivity index (χ1n) is 6.29. The van der Waals surface area contributed by atoms with Gasteiger partial charge in [0.25, 0.3) is 0 Å². The fourth-order valence-corrected chi connectivity index (χ4v) is 1.96. The quantitative estimate of drug-likeness (QED) is 0.882. The van der Waals surface area contributed by atoms with Crippen LogP contribution in [-0.4, -0.2) is 22.6 Å². The lowest BCUT2D eigenvalue weighted by Gasteiger charge is -2.05. The van der Waals surface area contributed by atoms with Crippen molar-refractivity contribution in [3.05, 3.63) is 41.1 Å². The minimum Gasteiger partial charge on any atom is -0.342 e. The van der Waals surface area contributed by atoms with Crippen molar-refractivity contribution < 1.29 is 4.39 Å². The summed E-state index contributed by atoms with van der Waals surface area (Å²) in [6.07, 6.45) is 2.57. The molecule has 0 amide bonds. The second-order valence-electron chi connectivity index (χ2n) is 4.73. The lowest BCUT2D eigenvalue weighted by atomic mass is 10.2. The minimum absolute atomic E-state index is 0.120. The van der Waals surface area contributed by atoms with E-state index in [4.69, 9.17) is 11.6 Å². The number of aromatic nitrogens is 2. The number of imidazole rings is 1. The molecule has 3 nitrogen and oxygen atoms in total. The summed E-state index contributed by atoms with van der Waals surface area (Å²) in [6.45, 7) is 5.08. The summed E-state index contributed by atoms with van der Waals surface area (Å²) in [5.41, 5.74) is 1.68. The molecule has 0 aliphatic carbocycles. The highest BCUT2D eigenvalue weighted by Gasteiger charge is 2.06. The van der Waals surface area contributed by atoms with Crippen LogP contribution in [0.25, 0.3) is 11.3 Å². The number of rotatable bonds is 5. The average Bonchev–Trinajstić information content (AvgIpc) is 2.81. The normalized spacial score (nSPS) is 11.2. The SMILES string of the molecule is CC(C)NCCc1ncc(-c2ccc(F)c(Cl)c2)[nH]1. The molecule has 2 N–H and O–H groups in total. The molecular formula is C14H17ClFN3. The lowest BCUT2D eigenvalue weighted by Crippen LogP contribution is -2.25. The Morgan fingerprint density at radius 1 is 1.42 bits per heavy atom. The Kier molecular flexibility index (Phi) is 4.56. The van der Waals surface area contributed by atoms with Crippen molar-refractivity contribution in [1.82, 2.24) is 15.3 Å². The summed E-state index contributed by atoms with van der Waals surface area (Å²) in [5, 5.41) is 3.45. The van der Waals surface area contributed by atoms with Gasteiger partial charge in [-0.05, 0) is 18.2 Å². The third kappa shape index (κ3) is 3.78. The van der Waals surface area contributed by atoms with Gasteiger partial charge in [0, 0.05) is 24.6 Å². The summed E-state index contributed by atoms with van der Waals surface area (Å²) in [7, 11) is 0. The first-order valence-corrected chi connectivity index (χ1v) is 6.66. The van der Waals surface area contributed by atoms with E-state index in [-0.39, 0.29) is 5.02 Å². The molecule has 0 radical (unpaired) electrons. The van der Waals surface area contributed by atoms with Gasteiger partial charge in [0.05, 0.1) is 16.9 Å². The van der Waals surface area contributed by atoms with Gasteiger partial charge < -0.3 is 10.3 Å². The molecular weight excluding hydrogens is 265 g/mol. The maximum atomic E-state index is 13.1. The molecule has 0 atom stereocenters. The van der Waals surface area contributed by atoms with Crippen LogP contribution in [0.1, 0.15) is 19.7 Å². The molecule has 0 unspecified atom stereocenters. The van der Waals surface area contributed by atoms with Crippen molar-refractivity contribution >= 4 is 11.6 Å². The van der Waals surface area contributed by atoms with Gasteiger partial charge >= 0.3 is 0 Å². The standard InChI is InChI=1S/C14H17ClFN3/c1-9(2)17-6-5-14-18-8-13(19-14)10-3-4-12(16)11(15)7-10/h3-4,7-9,17H,5-6H2,1-2H3,(H,18,19). The van der Waals surface area contributed by atoms with Crippen LogP contribution in [0.5, 0.6) is 0 Å². The molecule has 0 saturated carbocycles. The van der Waals surface area contributed by atoms with Crippen LogP contribution in [0.15, 0.2) is 24.4 Å². The van der Waals surface area contributed by atoms with Crippen molar-refractivity contribution in [2.24, 2.45) is 0 Å². The third-order valence-electron chi connectivity index (χ3n) is 2.77. The Hall–Kier alpha value is -1.39. The van der Waals surface area contributed by atoms with Crippen molar-refractivity contribution in [3.63, 3.8) is 0 Å². The molecule has 0 bridgehead atoms. The molecule has 2 aromatic rings. The molecule has 1 heterocycles. The van der Waals surface area contributed by atoms with Crippen molar-refractivity contribution in [1.29, 1.82) is 0 Å². The summed E-state index contributed by atoms with van der Waals surface area (Å²) >= 11 is 5.77. The molecule has 0 spiro atoms. The van der Waals surface area contributed by atoms with E-state index in [0.29, 0.717) is 6.04 Å². The van der Waals surface area contributed by atoms with E-state index in [0.717, 1.165) is 30.0 Å². The molecule has 0 aliphatic heterocycles. The number of nitrogens with one attached hydrogen (secondary N) is 2. The van der Waals surface area contributed by atoms with Gasteiger partial charge in [-0.25, -0.2) is 9.37 Å². The Bertz CT molecular complexity index is 551. The van der Waals surface area contributed by atoms with Crippen LogP contribution in [0.4, 0.5) is 4.39 Å². The smallest absolute Gasteiger partial charge is 0.141 e. The van der Waals surface area contributed by atoms with Crippen LogP contribution >= 0.6 is 11.6 Å². The van der Waals surface area contributed by atoms with E-state index in [2.05, 4.69) is 29.1 Å². The second-order valence-corrected chi connectivity index (χ2v) is 5.14. The van der Waals surface area contributed by atoms with E-state index < -0.39 is 5.82 Å². The predicted octanol–water partition coefficient (Wildman–Crippen LogP) is 3.41. The highest BCUT2D eigenvalue weighted by Crippen LogP contribution is 2.23. The number of halogens is 2. The van der Waals surface area contributed by atoms with Gasteiger partial charge in [-0.15, -0.1) is 0 Å². The maximum absolute atomic E-state index is 13.1. The predicted molar refractivity (Wildman–Crippen MR) is 75.8 cm³/mol. The van der Waals surface area contributed by atoms with Crippen LogP contribution in [0, 0.1) is 5.82 Å². The largest absolute Gasteiger partial charge is 0.342 e. The zero-order valence-electron chi connectivity index (χ0n) is 11.0. The summed E-state index contributed by atoms with van der Waals surface area (Å²) in [6, 6.07) is 5.11. The van der Waals surface area contributed by atoms with Gasteiger partial charge in [-0.1, -0.05) is 25.4 Å². The van der Waals surface area contributed by atoms with Gasteiger partial charge in [-0.2, -0.15) is 0 Å². The van der Waals surface area contributed by atoms with Gasteiger partial charge in [-0.3, -0.25) is 0 Å². The topological polar surface area (TPSA) is 40.7 Å². The number of aromatic amines is 1. The number of hydrogen-bond donors (Lipinski definition) is 2. The highest BCUT2D eigenvalue weighted by molar-refractivity contribution is 6.31. The molecule has 0 fully saturated rings. The van der Waals surface area contributed by atoms with Crippen molar-refractivity contribution in [2.45, 2.75) is 26.3 Å². The fourth-order valence-electron chi connectivity index (χ4n) is 1.78. The van der Waals surface area contributed by atoms with E-state index in [1.807, 2.05) is 0 Å². The van der Waals surface area contributed by atoms with Crippen molar-refractivity contribution in [2.75, 3.05) is 6.54 Å². The highest BCUT2D eigenvalue weighted by atomic mass is 35.5. The Labute approximate surface area is 117 Å². The Morgan fingerprint density at radius 2 is 2.21 bits per heavy atom. The number of nitrogens with zero attached hydrogens (tertiary/aromatic N) is 1. The monoisotopic (exact) mass is 281 g/mol. The zero-order chi connectivity index (χ0) is 13.8. The first-order chi connectivity index (χ1) is 9.06. The number of hydrogen-bond acceptors (Lipinski definition) is 2. The van der Waals surface area contributed by atoms with Crippen LogP contribution in [-0.2, 0) is 6.42 Å². The summed E-state index contributed by atoms with van der Waals surface area (Å²) < 4.78 is 13.1. The molecule has 1 aromatic carbocycles. The number of H-pyrrole nitrogens is 1. The molecule has 0 saturated heterocycles. The van der Waals surface area contributed by atoms with Crippen LogP contribution in [0.2, 0.25) is 5.02 Å². The minimum atomic E-state index is -0.411. The average molecular weight is 282 g/mol. The van der Waals surface area contributed by atoms with E-state index in [9.17, 15) is 4.39 Å². The fraction of sp³-hybridized carbons (Fsp3) is 0.357. The molecule has 2 rings (SSSR count).